The van der Waals surface area contributed by atoms with Crippen molar-refractivity contribution in [3.8, 4) is 11.6 Å². The third-order valence-electron chi connectivity index (χ3n) is 3.13. The topological polar surface area (TPSA) is 132 Å². The number of benzene rings is 1. The van der Waals surface area contributed by atoms with Gasteiger partial charge in [0.2, 0.25) is 0 Å². The van der Waals surface area contributed by atoms with E-state index in [4.69, 9.17) is 4.74 Å². The Morgan fingerprint density at radius 2 is 2.17 bits per heavy atom. The maximum atomic E-state index is 12.0. The summed E-state index contributed by atoms with van der Waals surface area (Å²) in [4.78, 5) is 22.3. The quantitative estimate of drug-likeness (QED) is 0.464. The monoisotopic (exact) mass is 333 g/mol. The number of nitrogens with zero attached hydrogens (tertiary/aromatic N) is 4. The molecule has 0 fully saturated rings. The van der Waals surface area contributed by atoms with Crippen molar-refractivity contribution in [2.75, 3.05) is 7.11 Å². The van der Waals surface area contributed by atoms with E-state index < -0.39 is 16.9 Å². The van der Waals surface area contributed by atoms with Crippen molar-refractivity contribution in [1.82, 2.24) is 15.2 Å². The van der Waals surface area contributed by atoms with E-state index in [1.54, 1.807) is 12.1 Å². The molecule has 2 aromatic rings. The zero-order valence-corrected chi connectivity index (χ0v) is 12.9. The number of nitro groups is 1. The number of methoxy groups -OCH3 is 1. The summed E-state index contributed by atoms with van der Waals surface area (Å²) >= 11 is 0. The highest BCUT2D eigenvalue weighted by Gasteiger charge is 2.25. The average Bonchev–Trinajstić information content (AvgIpc) is 3.00. The van der Waals surface area contributed by atoms with Gasteiger partial charge in [0.15, 0.2) is 0 Å². The first-order valence-corrected chi connectivity index (χ1v) is 6.82. The van der Waals surface area contributed by atoms with Crippen molar-refractivity contribution in [3.63, 3.8) is 0 Å². The third kappa shape index (κ3) is 3.85. The molecule has 10 heteroatoms. The van der Waals surface area contributed by atoms with Gasteiger partial charge in [0.25, 0.3) is 5.91 Å². The lowest BCUT2D eigenvalue weighted by Gasteiger charge is -2.09. The molecular weight excluding hydrogens is 318 g/mol. The Labute approximate surface area is 136 Å². The molecule has 1 heterocycles. The number of ether oxygens (including phenoxy) is 1. The highest BCUT2D eigenvalue weighted by molar-refractivity contribution is 5.84. The third-order valence-corrected chi connectivity index (χ3v) is 3.13. The number of hydrogen-bond acceptors (Lipinski definition) is 7. The number of aromatic hydroxyl groups is 1. The second-order valence-corrected chi connectivity index (χ2v) is 4.76. The predicted molar refractivity (Wildman–Crippen MR) is 84.0 cm³/mol. The van der Waals surface area contributed by atoms with E-state index in [1.165, 1.54) is 32.4 Å². The number of carbonyl (C=O) groups excluding carboxylic acids is 1. The lowest BCUT2D eigenvalue weighted by Crippen LogP contribution is -2.27. The van der Waals surface area contributed by atoms with Gasteiger partial charge in [-0.2, -0.15) is 5.10 Å². The zero-order valence-electron chi connectivity index (χ0n) is 12.9. The number of nitrogens with one attached hydrogen (secondary N) is 1. The molecule has 0 unspecified atom stereocenters. The van der Waals surface area contributed by atoms with Crippen LogP contribution < -0.4 is 10.2 Å². The van der Waals surface area contributed by atoms with Crippen molar-refractivity contribution in [2.24, 2.45) is 5.10 Å². The molecule has 1 aromatic carbocycles. The van der Waals surface area contributed by atoms with E-state index in [-0.39, 0.29) is 17.3 Å². The Kier molecular flexibility index (Phi) is 5.09. The molecule has 1 amide bonds. The molecule has 0 saturated carbocycles. The molecule has 2 N–H and O–H groups in total. The highest BCUT2D eigenvalue weighted by atomic mass is 16.6. The van der Waals surface area contributed by atoms with Crippen LogP contribution in [0.15, 0.2) is 35.6 Å². The van der Waals surface area contributed by atoms with Gasteiger partial charge in [-0.05, 0) is 36.8 Å². The van der Waals surface area contributed by atoms with E-state index in [9.17, 15) is 20.0 Å². The minimum Gasteiger partial charge on any atom is -0.508 e. The summed E-state index contributed by atoms with van der Waals surface area (Å²) in [5.74, 6) is -0.559. The number of hydrazone groups is 1. The van der Waals surface area contributed by atoms with E-state index in [0.717, 1.165) is 10.9 Å². The number of aromatic nitrogens is 2. The maximum absolute atomic E-state index is 12.0. The summed E-state index contributed by atoms with van der Waals surface area (Å²) in [6.45, 7) is 1.52. The van der Waals surface area contributed by atoms with Crippen molar-refractivity contribution >= 4 is 17.8 Å². The molecule has 1 atom stereocenters. The molecule has 10 nitrogen and oxygen atoms in total. The van der Waals surface area contributed by atoms with Gasteiger partial charge in [-0.25, -0.2) is 10.1 Å². The summed E-state index contributed by atoms with van der Waals surface area (Å²) in [5, 5.41) is 27.7. The van der Waals surface area contributed by atoms with Crippen LogP contribution in [0.1, 0.15) is 18.5 Å². The summed E-state index contributed by atoms with van der Waals surface area (Å²) in [6.07, 6.45) is 2.52. The molecular formula is C14H15N5O5. The molecule has 0 bridgehead atoms. The summed E-state index contributed by atoms with van der Waals surface area (Å²) in [7, 11) is 1.26. The van der Waals surface area contributed by atoms with Crippen LogP contribution in [0, 0.1) is 10.1 Å². The molecule has 0 spiro atoms. The number of carbonyl (C=O) groups is 1. The number of amides is 1. The largest absolute Gasteiger partial charge is 0.508 e. The average molecular weight is 333 g/mol. The maximum Gasteiger partial charge on any atom is 0.350 e. The van der Waals surface area contributed by atoms with E-state index in [2.05, 4.69) is 15.6 Å². The minimum absolute atomic E-state index is 0.124. The molecule has 2 rings (SSSR count). The summed E-state index contributed by atoms with van der Waals surface area (Å²) in [5.41, 5.74) is 2.67. The standard InChI is InChI=1S/C14H15N5O5/c1-9(18-8-12(19(22)23)14(17-18)24-2)13(21)16-15-7-10-3-5-11(20)6-4-10/h3-9,20H,1-2H3,(H,16,21)/t9-/m0/s1. The number of phenols is 1. The Balaban J connectivity index is 2.04. The Morgan fingerprint density at radius 3 is 2.71 bits per heavy atom. The SMILES string of the molecule is COc1nn([C@@H](C)C(=O)NN=Cc2ccc(O)cc2)cc1[N+](=O)[O-]. The lowest BCUT2D eigenvalue weighted by atomic mass is 10.2. The zero-order chi connectivity index (χ0) is 17.7. The van der Waals surface area contributed by atoms with Crippen LogP contribution in [0.2, 0.25) is 0 Å². The number of phenolic OH excluding ortho intramolecular Hbond substituents is 1. The molecule has 0 radical (unpaired) electrons. The Hall–Kier alpha value is -3.43. The van der Waals surface area contributed by atoms with Crippen molar-refractivity contribution in [3.05, 3.63) is 46.1 Å². The number of hydrogen-bond donors (Lipinski definition) is 2. The molecule has 0 aliphatic carbocycles. The van der Waals surface area contributed by atoms with Crippen LogP contribution in [-0.4, -0.2) is 39.0 Å². The fourth-order valence-corrected chi connectivity index (χ4v) is 1.78. The Bertz CT molecular complexity index is 768. The molecule has 24 heavy (non-hydrogen) atoms. The fourth-order valence-electron chi connectivity index (χ4n) is 1.78. The van der Waals surface area contributed by atoms with Crippen LogP contribution in [0.5, 0.6) is 11.6 Å². The van der Waals surface area contributed by atoms with Gasteiger partial charge < -0.3 is 9.84 Å². The molecule has 1 aromatic heterocycles. The first-order chi connectivity index (χ1) is 11.4. The van der Waals surface area contributed by atoms with Crippen LogP contribution in [0.3, 0.4) is 0 Å². The summed E-state index contributed by atoms with van der Waals surface area (Å²) < 4.78 is 5.94. The fraction of sp³-hybridized carbons (Fsp3) is 0.214. The number of rotatable bonds is 6. The predicted octanol–water partition coefficient (Wildman–Crippen LogP) is 1.22. The molecule has 0 aliphatic heterocycles. The van der Waals surface area contributed by atoms with Crippen LogP contribution in [0.4, 0.5) is 5.69 Å². The van der Waals surface area contributed by atoms with Crippen molar-refractivity contribution in [1.29, 1.82) is 0 Å². The van der Waals surface area contributed by atoms with Gasteiger partial charge >= 0.3 is 11.6 Å². The Morgan fingerprint density at radius 1 is 1.50 bits per heavy atom. The van der Waals surface area contributed by atoms with E-state index in [1.807, 2.05) is 0 Å². The smallest absolute Gasteiger partial charge is 0.350 e. The van der Waals surface area contributed by atoms with Gasteiger partial charge in [0.05, 0.1) is 18.2 Å². The second-order valence-electron chi connectivity index (χ2n) is 4.76. The van der Waals surface area contributed by atoms with Gasteiger partial charge in [0, 0.05) is 0 Å². The minimum atomic E-state index is -0.829. The van der Waals surface area contributed by atoms with Crippen molar-refractivity contribution in [2.45, 2.75) is 13.0 Å². The highest BCUT2D eigenvalue weighted by Crippen LogP contribution is 2.25. The molecule has 0 aliphatic rings. The van der Waals surface area contributed by atoms with Gasteiger partial charge in [-0.1, -0.05) is 0 Å². The van der Waals surface area contributed by atoms with Gasteiger partial charge in [0.1, 0.15) is 18.0 Å². The van der Waals surface area contributed by atoms with Crippen LogP contribution in [-0.2, 0) is 4.79 Å². The van der Waals surface area contributed by atoms with Crippen molar-refractivity contribution < 1.29 is 19.6 Å². The van der Waals surface area contributed by atoms with E-state index >= 15 is 0 Å². The van der Waals surface area contributed by atoms with Gasteiger partial charge in [-0.3, -0.25) is 14.9 Å². The lowest BCUT2D eigenvalue weighted by molar-refractivity contribution is -0.385. The molecule has 0 saturated heterocycles. The van der Waals surface area contributed by atoms with Gasteiger partial charge in [-0.15, -0.1) is 5.10 Å². The second kappa shape index (κ2) is 7.22. The van der Waals surface area contributed by atoms with Crippen LogP contribution in [0.25, 0.3) is 0 Å². The first kappa shape index (κ1) is 16.9. The van der Waals surface area contributed by atoms with E-state index in [0.29, 0.717) is 5.56 Å². The first-order valence-electron chi connectivity index (χ1n) is 6.82. The summed E-state index contributed by atoms with van der Waals surface area (Å²) in [6, 6.07) is 5.39. The van der Waals surface area contributed by atoms with Crippen LogP contribution >= 0.6 is 0 Å². The normalized spacial score (nSPS) is 12.1. The molecule has 126 valence electrons.